The molecule has 1 fully saturated rings. The third kappa shape index (κ3) is 3.88. The number of rotatable bonds is 6. The molecule has 174 valence electrons. The number of benzene rings is 1. The van der Waals surface area contributed by atoms with Gasteiger partial charge in [0, 0.05) is 29.8 Å². The van der Waals surface area contributed by atoms with Crippen LogP contribution < -0.4 is 11.0 Å². The third-order valence-corrected chi connectivity index (χ3v) is 8.27. The number of nitrogens with zero attached hydrogens (tertiary/aromatic N) is 2. The summed E-state index contributed by atoms with van der Waals surface area (Å²) in [6, 6.07) is 8.20. The van der Waals surface area contributed by atoms with E-state index in [1.807, 2.05) is 34.6 Å². The highest BCUT2D eigenvalue weighted by molar-refractivity contribution is 7.90. The molecule has 9 heteroatoms. The Labute approximate surface area is 194 Å². The summed E-state index contributed by atoms with van der Waals surface area (Å²) in [6.07, 6.45) is 5.40. The normalized spacial score (nSPS) is 17.5. The summed E-state index contributed by atoms with van der Waals surface area (Å²) in [5.74, 6) is 0. The number of pyridine rings is 1. The van der Waals surface area contributed by atoms with Gasteiger partial charge >= 0.3 is 7.12 Å². The van der Waals surface area contributed by atoms with Gasteiger partial charge in [0.2, 0.25) is 0 Å². The Kier molecular flexibility index (Phi) is 5.71. The summed E-state index contributed by atoms with van der Waals surface area (Å²) in [5, 5.41) is 0.490. The standard InChI is InChI=1S/C24H29BN2O5S/c1-7-8-14-26-16-20(25-31-23(3,4)24(5,6)32-25)19-13-15-27(21(19)22(26)28)33(29,30)18-11-9-17(2)10-12-18/h7,9-13,15-16H,1,8,14H2,2-6H3. The molecule has 33 heavy (non-hydrogen) atoms. The van der Waals surface area contributed by atoms with E-state index in [-0.39, 0.29) is 10.4 Å². The molecule has 0 aliphatic carbocycles. The van der Waals surface area contributed by atoms with Crippen molar-refractivity contribution in [1.29, 1.82) is 0 Å². The molecule has 1 aliphatic heterocycles. The molecule has 0 amide bonds. The van der Waals surface area contributed by atoms with Gasteiger partial charge in [0.25, 0.3) is 15.6 Å². The molecular formula is C24H29BN2O5S. The summed E-state index contributed by atoms with van der Waals surface area (Å²) in [6.45, 7) is 13.8. The van der Waals surface area contributed by atoms with E-state index in [4.69, 9.17) is 9.31 Å². The van der Waals surface area contributed by atoms with E-state index in [2.05, 4.69) is 6.58 Å². The Morgan fingerprint density at radius 2 is 1.67 bits per heavy atom. The van der Waals surface area contributed by atoms with Crippen LogP contribution in [0.4, 0.5) is 0 Å². The molecule has 0 spiro atoms. The molecule has 0 radical (unpaired) electrons. The summed E-state index contributed by atoms with van der Waals surface area (Å²) in [7, 11) is -4.73. The maximum Gasteiger partial charge on any atom is 0.497 e. The Bertz CT molecular complexity index is 1370. The van der Waals surface area contributed by atoms with Crippen LogP contribution in [0, 0.1) is 6.92 Å². The number of aromatic nitrogens is 2. The molecule has 2 aromatic heterocycles. The lowest BCUT2D eigenvalue weighted by atomic mass is 9.78. The quantitative estimate of drug-likeness (QED) is 0.410. The second-order valence-electron chi connectivity index (χ2n) is 9.44. The molecule has 0 bridgehead atoms. The lowest BCUT2D eigenvalue weighted by Crippen LogP contribution is -2.41. The van der Waals surface area contributed by atoms with Crippen LogP contribution in [0.2, 0.25) is 0 Å². The SMILES string of the molecule is C=CCCn1cc(B2OC(C)(C)C(C)(C)O2)c2ccn(S(=O)(=O)c3ccc(C)cc3)c2c1=O. The van der Waals surface area contributed by atoms with Crippen LogP contribution in [0.1, 0.15) is 39.7 Å². The van der Waals surface area contributed by atoms with Gasteiger partial charge in [0.05, 0.1) is 16.1 Å². The summed E-state index contributed by atoms with van der Waals surface area (Å²) >= 11 is 0. The fourth-order valence-electron chi connectivity index (χ4n) is 3.87. The fraction of sp³-hybridized carbons (Fsp3) is 0.375. The zero-order valence-corrected chi connectivity index (χ0v) is 20.5. The van der Waals surface area contributed by atoms with E-state index in [0.29, 0.717) is 23.8 Å². The van der Waals surface area contributed by atoms with Crippen molar-refractivity contribution in [3.8, 4) is 0 Å². The first kappa shape index (κ1) is 23.5. The molecule has 0 atom stereocenters. The Morgan fingerprint density at radius 3 is 2.24 bits per heavy atom. The number of allylic oxidation sites excluding steroid dienone is 1. The predicted molar refractivity (Wildman–Crippen MR) is 130 cm³/mol. The maximum atomic E-state index is 13.5. The van der Waals surface area contributed by atoms with E-state index >= 15 is 0 Å². The largest absolute Gasteiger partial charge is 0.497 e. The van der Waals surface area contributed by atoms with Crippen LogP contribution in [0.15, 0.2) is 65.1 Å². The lowest BCUT2D eigenvalue weighted by molar-refractivity contribution is 0.00578. The highest BCUT2D eigenvalue weighted by Gasteiger charge is 2.52. The summed E-state index contributed by atoms with van der Waals surface area (Å²) in [4.78, 5) is 13.5. The number of fused-ring (bicyclic) bond motifs is 1. The number of hydrogen-bond acceptors (Lipinski definition) is 5. The zero-order valence-electron chi connectivity index (χ0n) is 19.7. The van der Waals surface area contributed by atoms with Crippen LogP contribution in [0.3, 0.4) is 0 Å². The predicted octanol–water partition coefficient (Wildman–Crippen LogP) is 3.22. The molecule has 7 nitrogen and oxygen atoms in total. The van der Waals surface area contributed by atoms with Crippen molar-refractivity contribution in [2.24, 2.45) is 0 Å². The first-order chi connectivity index (χ1) is 15.4. The fourth-order valence-corrected chi connectivity index (χ4v) is 5.21. The van der Waals surface area contributed by atoms with Crippen LogP contribution in [0.5, 0.6) is 0 Å². The second-order valence-corrected chi connectivity index (χ2v) is 11.3. The third-order valence-electron chi connectivity index (χ3n) is 6.58. The van der Waals surface area contributed by atoms with Crippen LogP contribution in [-0.2, 0) is 25.9 Å². The maximum absolute atomic E-state index is 13.5. The Morgan fingerprint density at radius 1 is 1.06 bits per heavy atom. The first-order valence-corrected chi connectivity index (χ1v) is 12.4. The van der Waals surface area contributed by atoms with Gasteiger partial charge in [-0.15, -0.1) is 6.58 Å². The van der Waals surface area contributed by atoms with Crippen molar-refractivity contribution in [3.63, 3.8) is 0 Å². The molecule has 4 rings (SSSR count). The highest BCUT2D eigenvalue weighted by Crippen LogP contribution is 2.37. The van der Waals surface area contributed by atoms with Crippen LogP contribution in [0.25, 0.3) is 10.9 Å². The molecule has 1 aromatic carbocycles. The molecule has 0 unspecified atom stereocenters. The Balaban J connectivity index is 1.95. The Hall–Kier alpha value is -2.62. The monoisotopic (exact) mass is 468 g/mol. The molecular weight excluding hydrogens is 439 g/mol. The number of aryl methyl sites for hydroxylation is 2. The van der Waals surface area contributed by atoms with Gasteiger partial charge in [-0.2, -0.15) is 0 Å². The first-order valence-electron chi connectivity index (χ1n) is 10.9. The smallest absolute Gasteiger partial charge is 0.399 e. The van der Waals surface area contributed by atoms with Gasteiger partial charge in [-0.05, 0) is 59.2 Å². The highest BCUT2D eigenvalue weighted by atomic mass is 32.2. The van der Waals surface area contributed by atoms with Gasteiger partial charge in [0.15, 0.2) is 0 Å². The van der Waals surface area contributed by atoms with Gasteiger partial charge < -0.3 is 13.9 Å². The molecule has 0 N–H and O–H groups in total. The van der Waals surface area contributed by atoms with Crippen LogP contribution >= 0.6 is 0 Å². The zero-order chi connectivity index (χ0) is 24.2. The minimum Gasteiger partial charge on any atom is -0.399 e. The topological polar surface area (TPSA) is 79.5 Å². The summed E-state index contributed by atoms with van der Waals surface area (Å²) in [5.41, 5.74) is 0.0802. The molecule has 1 saturated heterocycles. The van der Waals surface area contributed by atoms with Crippen molar-refractivity contribution < 1.29 is 17.7 Å². The molecule has 1 aliphatic rings. The van der Waals surface area contributed by atoms with Crippen molar-refractivity contribution in [2.75, 3.05) is 0 Å². The van der Waals surface area contributed by atoms with Crippen molar-refractivity contribution >= 4 is 33.5 Å². The average molecular weight is 468 g/mol. The van der Waals surface area contributed by atoms with E-state index in [1.165, 1.54) is 10.8 Å². The minimum absolute atomic E-state index is 0.0758. The minimum atomic E-state index is -3.98. The van der Waals surface area contributed by atoms with E-state index in [1.54, 1.807) is 42.6 Å². The van der Waals surface area contributed by atoms with Crippen molar-refractivity contribution in [1.82, 2.24) is 8.54 Å². The van der Waals surface area contributed by atoms with Gasteiger partial charge in [-0.1, -0.05) is 23.8 Å². The van der Waals surface area contributed by atoms with Gasteiger partial charge in [-0.25, -0.2) is 12.4 Å². The van der Waals surface area contributed by atoms with E-state index in [0.717, 1.165) is 9.54 Å². The van der Waals surface area contributed by atoms with Gasteiger partial charge in [-0.3, -0.25) is 4.79 Å². The second kappa shape index (κ2) is 8.00. The van der Waals surface area contributed by atoms with Crippen LogP contribution in [-0.4, -0.2) is 35.3 Å². The van der Waals surface area contributed by atoms with Gasteiger partial charge in [0.1, 0.15) is 5.52 Å². The van der Waals surface area contributed by atoms with Crippen molar-refractivity contribution in [3.05, 3.63) is 71.3 Å². The molecule has 3 heterocycles. The molecule has 0 saturated carbocycles. The number of hydrogen-bond donors (Lipinski definition) is 0. The molecule has 3 aromatic rings. The van der Waals surface area contributed by atoms with E-state index < -0.39 is 33.9 Å². The lowest BCUT2D eigenvalue weighted by Gasteiger charge is -2.32. The average Bonchev–Trinajstić information content (AvgIpc) is 3.27. The van der Waals surface area contributed by atoms with Crippen molar-refractivity contribution in [2.45, 2.75) is 63.7 Å². The summed E-state index contributed by atoms with van der Waals surface area (Å²) < 4.78 is 42.0. The van der Waals surface area contributed by atoms with E-state index in [9.17, 15) is 13.2 Å².